The monoisotopic (exact) mass is 360 g/mol. The molecule has 0 radical (unpaired) electrons. The molecule has 0 aliphatic carbocycles. The van der Waals surface area contributed by atoms with Gasteiger partial charge in [0.15, 0.2) is 5.65 Å². The van der Waals surface area contributed by atoms with Crippen LogP contribution in [-0.2, 0) is 4.74 Å². The van der Waals surface area contributed by atoms with Crippen molar-refractivity contribution in [1.29, 1.82) is 0 Å². The molecular weight excluding hydrogens is 342 g/mol. The topological polar surface area (TPSA) is 68.5 Å². The number of carbonyl (C=O) groups is 1. The predicted octanol–water partition coefficient (Wildman–Crippen LogP) is 3.09. The van der Waals surface area contributed by atoms with E-state index in [1.807, 2.05) is 31.2 Å². The number of carbonyl (C=O) groups excluding carboxylic acids is 1. The van der Waals surface area contributed by atoms with Gasteiger partial charge in [-0.05, 0) is 12.5 Å². The number of nitrogens with zero attached hydrogens (tertiary/aromatic N) is 3. The van der Waals surface area contributed by atoms with Gasteiger partial charge < -0.3 is 10.1 Å². The Hall–Kier alpha value is -2.87. The number of hydrogen-bond acceptors (Lipinski definition) is 4. The molecule has 0 bridgehead atoms. The minimum absolute atomic E-state index is 0.138. The van der Waals surface area contributed by atoms with Crippen LogP contribution in [0, 0.1) is 6.92 Å². The summed E-state index contributed by atoms with van der Waals surface area (Å²) in [6.07, 6.45) is 0.899. The number of alkyl halides is 2. The lowest BCUT2D eigenvalue weighted by Crippen LogP contribution is -2.30. The van der Waals surface area contributed by atoms with Crippen molar-refractivity contribution in [1.82, 2.24) is 19.7 Å². The standard InChI is InChI=1S/C18H18F2N4O2/c1-11-3-5-12(6-4-11)13(26-2)9-22-18(25)16-15(17(19)20)23-14-10-21-7-8-24(14)16/h3-8,10,13,17H,9H2,1-2H3,(H,22,25). The molecule has 0 aliphatic rings. The lowest BCUT2D eigenvalue weighted by Gasteiger charge is -2.17. The third-order valence-corrected chi connectivity index (χ3v) is 4.06. The quantitative estimate of drug-likeness (QED) is 0.733. The molecule has 1 unspecified atom stereocenters. The fourth-order valence-corrected chi connectivity index (χ4v) is 2.69. The van der Waals surface area contributed by atoms with Crippen molar-refractivity contribution in [3.63, 3.8) is 0 Å². The molecule has 1 atom stereocenters. The molecule has 3 aromatic rings. The second-order valence-corrected chi connectivity index (χ2v) is 5.80. The molecule has 0 fully saturated rings. The van der Waals surface area contributed by atoms with Crippen LogP contribution in [0.15, 0.2) is 42.9 Å². The summed E-state index contributed by atoms with van der Waals surface area (Å²) in [5.74, 6) is -0.645. The summed E-state index contributed by atoms with van der Waals surface area (Å²) >= 11 is 0. The van der Waals surface area contributed by atoms with Crippen LogP contribution < -0.4 is 5.32 Å². The van der Waals surface area contributed by atoms with Crippen LogP contribution >= 0.6 is 0 Å². The molecule has 2 heterocycles. The molecule has 1 aromatic carbocycles. The summed E-state index contributed by atoms with van der Waals surface area (Å²) in [5, 5.41) is 2.66. The highest BCUT2D eigenvalue weighted by Gasteiger charge is 2.26. The van der Waals surface area contributed by atoms with Crippen molar-refractivity contribution in [2.45, 2.75) is 19.5 Å². The Morgan fingerprint density at radius 3 is 2.69 bits per heavy atom. The maximum absolute atomic E-state index is 13.3. The average molecular weight is 360 g/mol. The smallest absolute Gasteiger partial charge is 0.282 e. The Balaban J connectivity index is 1.82. The molecule has 0 saturated heterocycles. The summed E-state index contributed by atoms with van der Waals surface area (Å²) in [6.45, 7) is 2.11. The van der Waals surface area contributed by atoms with Crippen molar-refractivity contribution >= 4 is 11.6 Å². The highest BCUT2D eigenvalue weighted by molar-refractivity contribution is 5.94. The summed E-state index contributed by atoms with van der Waals surface area (Å²) < 4.78 is 33.3. The SMILES string of the molecule is COC(CNC(=O)c1c(C(F)F)nc2cnccn12)c1ccc(C)cc1. The van der Waals surface area contributed by atoms with E-state index >= 15 is 0 Å². The number of methoxy groups -OCH3 is 1. The Morgan fingerprint density at radius 2 is 2.04 bits per heavy atom. The summed E-state index contributed by atoms with van der Waals surface area (Å²) in [5.41, 5.74) is 1.41. The van der Waals surface area contributed by atoms with Crippen LogP contribution in [0.2, 0.25) is 0 Å². The van der Waals surface area contributed by atoms with Gasteiger partial charge in [0.05, 0.1) is 12.3 Å². The van der Waals surface area contributed by atoms with Crippen LogP contribution in [0.3, 0.4) is 0 Å². The van der Waals surface area contributed by atoms with Crippen molar-refractivity contribution in [2.75, 3.05) is 13.7 Å². The van der Waals surface area contributed by atoms with Crippen LogP contribution in [0.25, 0.3) is 5.65 Å². The second kappa shape index (κ2) is 7.57. The number of ether oxygens (including phenoxy) is 1. The van der Waals surface area contributed by atoms with E-state index in [-0.39, 0.29) is 17.9 Å². The number of hydrogen-bond donors (Lipinski definition) is 1. The maximum atomic E-state index is 13.3. The first kappa shape index (κ1) is 17.9. The van der Waals surface area contributed by atoms with Crippen molar-refractivity contribution in [3.8, 4) is 0 Å². The fraction of sp³-hybridized carbons (Fsp3) is 0.278. The first-order valence-corrected chi connectivity index (χ1v) is 7.99. The van der Waals surface area contributed by atoms with E-state index in [0.29, 0.717) is 0 Å². The van der Waals surface area contributed by atoms with Crippen LogP contribution in [-0.4, -0.2) is 33.9 Å². The molecule has 26 heavy (non-hydrogen) atoms. The second-order valence-electron chi connectivity index (χ2n) is 5.80. The zero-order chi connectivity index (χ0) is 18.7. The van der Waals surface area contributed by atoms with Gasteiger partial charge in [-0.3, -0.25) is 14.2 Å². The number of benzene rings is 1. The Morgan fingerprint density at radius 1 is 1.31 bits per heavy atom. The number of halogens is 2. The van der Waals surface area contributed by atoms with E-state index in [2.05, 4.69) is 15.3 Å². The van der Waals surface area contributed by atoms with Gasteiger partial charge in [0.25, 0.3) is 12.3 Å². The molecule has 0 spiro atoms. The average Bonchev–Trinajstić information content (AvgIpc) is 3.03. The van der Waals surface area contributed by atoms with E-state index in [1.54, 1.807) is 0 Å². The largest absolute Gasteiger partial charge is 0.375 e. The first-order valence-electron chi connectivity index (χ1n) is 7.99. The fourth-order valence-electron chi connectivity index (χ4n) is 2.69. The highest BCUT2D eigenvalue weighted by atomic mass is 19.3. The molecule has 3 rings (SSSR count). The van der Waals surface area contributed by atoms with Gasteiger partial charge in [0, 0.05) is 26.0 Å². The maximum Gasteiger partial charge on any atom is 0.282 e. The number of rotatable bonds is 6. The third-order valence-electron chi connectivity index (χ3n) is 4.06. The van der Waals surface area contributed by atoms with Gasteiger partial charge in [-0.25, -0.2) is 13.8 Å². The Labute approximate surface area is 148 Å². The zero-order valence-electron chi connectivity index (χ0n) is 14.3. The molecule has 136 valence electrons. The molecule has 0 aliphatic heterocycles. The number of nitrogens with one attached hydrogen (secondary N) is 1. The van der Waals surface area contributed by atoms with E-state index < -0.39 is 24.1 Å². The van der Waals surface area contributed by atoms with E-state index in [0.717, 1.165) is 11.1 Å². The predicted molar refractivity (Wildman–Crippen MR) is 91.2 cm³/mol. The number of aromatic nitrogens is 3. The number of amides is 1. The first-order chi connectivity index (χ1) is 12.5. The molecular formula is C18H18F2N4O2. The molecule has 1 N–H and O–H groups in total. The van der Waals surface area contributed by atoms with Crippen molar-refractivity contribution < 1.29 is 18.3 Å². The molecule has 1 amide bonds. The molecule has 2 aromatic heterocycles. The van der Waals surface area contributed by atoms with E-state index in [1.165, 1.54) is 30.1 Å². The van der Waals surface area contributed by atoms with Crippen molar-refractivity contribution in [3.05, 3.63) is 65.4 Å². The lowest BCUT2D eigenvalue weighted by atomic mass is 10.1. The van der Waals surface area contributed by atoms with Gasteiger partial charge in [-0.1, -0.05) is 29.8 Å². The minimum atomic E-state index is -2.87. The lowest BCUT2D eigenvalue weighted by molar-refractivity contribution is 0.0814. The minimum Gasteiger partial charge on any atom is -0.375 e. The zero-order valence-corrected chi connectivity index (χ0v) is 14.3. The van der Waals surface area contributed by atoms with Crippen molar-refractivity contribution in [2.24, 2.45) is 0 Å². The summed E-state index contributed by atoms with van der Waals surface area (Å²) in [4.78, 5) is 20.2. The number of fused-ring (bicyclic) bond motifs is 1. The summed E-state index contributed by atoms with van der Waals surface area (Å²) in [7, 11) is 1.53. The molecule has 0 saturated carbocycles. The Kier molecular flexibility index (Phi) is 5.22. The van der Waals surface area contributed by atoms with Crippen LogP contribution in [0.1, 0.15) is 39.8 Å². The normalized spacial score (nSPS) is 12.5. The van der Waals surface area contributed by atoms with Crippen LogP contribution in [0.4, 0.5) is 8.78 Å². The van der Waals surface area contributed by atoms with Crippen LogP contribution in [0.5, 0.6) is 0 Å². The van der Waals surface area contributed by atoms with Gasteiger partial charge >= 0.3 is 0 Å². The number of imidazole rings is 1. The molecule has 6 nitrogen and oxygen atoms in total. The van der Waals surface area contributed by atoms with E-state index in [4.69, 9.17) is 4.74 Å². The summed E-state index contributed by atoms with van der Waals surface area (Å²) in [6, 6.07) is 7.69. The van der Waals surface area contributed by atoms with Gasteiger partial charge in [0.2, 0.25) is 0 Å². The van der Waals surface area contributed by atoms with E-state index in [9.17, 15) is 13.6 Å². The number of aryl methyl sites for hydroxylation is 1. The van der Waals surface area contributed by atoms with Gasteiger partial charge in [-0.2, -0.15) is 0 Å². The molecule has 8 heteroatoms. The van der Waals surface area contributed by atoms with Gasteiger partial charge in [0.1, 0.15) is 11.4 Å². The highest BCUT2D eigenvalue weighted by Crippen LogP contribution is 2.23. The van der Waals surface area contributed by atoms with Gasteiger partial charge in [-0.15, -0.1) is 0 Å². The third kappa shape index (κ3) is 3.55. The Bertz CT molecular complexity index is 909.